The number of hydrogen-bond acceptors (Lipinski definition) is 4. The molecule has 0 radical (unpaired) electrons. The van der Waals surface area contributed by atoms with Gasteiger partial charge in [-0.05, 0) is 25.0 Å². The summed E-state index contributed by atoms with van der Waals surface area (Å²) in [5.41, 5.74) is 1.03. The van der Waals surface area contributed by atoms with E-state index in [2.05, 4.69) is 18.0 Å². The van der Waals surface area contributed by atoms with E-state index in [4.69, 9.17) is 4.74 Å². The van der Waals surface area contributed by atoms with Crippen LogP contribution >= 0.6 is 11.3 Å². The van der Waals surface area contributed by atoms with Crippen molar-refractivity contribution in [1.82, 2.24) is 4.98 Å². The maximum absolute atomic E-state index is 10.4. The average molecular weight is 277 g/mol. The SMILES string of the molecule is CCC1OCCC1C(O)Cc1nc2ccccc2s1. The Labute approximate surface area is 117 Å². The monoisotopic (exact) mass is 277 g/mol. The molecule has 1 aliphatic heterocycles. The predicted octanol–water partition coefficient (Wildman–Crippen LogP) is 3.01. The smallest absolute Gasteiger partial charge is 0.0964 e. The molecule has 0 aliphatic carbocycles. The predicted molar refractivity (Wildman–Crippen MR) is 77.5 cm³/mol. The van der Waals surface area contributed by atoms with Crippen LogP contribution in [0.3, 0.4) is 0 Å². The van der Waals surface area contributed by atoms with Crippen LogP contribution in [0.15, 0.2) is 24.3 Å². The molecule has 1 saturated heterocycles. The highest BCUT2D eigenvalue weighted by Crippen LogP contribution is 2.30. The maximum Gasteiger partial charge on any atom is 0.0964 e. The largest absolute Gasteiger partial charge is 0.392 e. The number of aliphatic hydroxyl groups excluding tert-OH is 1. The molecule has 3 rings (SSSR count). The topological polar surface area (TPSA) is 42.4 Å². The van der Waals surface area contributed by atoms with Crippen LogP contribution in [0.25, 0.3) is 10.2 Å². The van der Waals surface area contributed by atoms with Crippen LogP contribution in [0, 0.1) is 5.92 Å². The molecule has 1 aromatic carbocycles. The van der Waals surface area contributed by atoms with Crippen LogP contribution in [-0.2, 0) is 11.2 Å². The fraction of sp³-hybridized carbons (Fsp3) is 0.533. The molecule has 2 heterocycles. The van der Waals surface area contributed by atoms with Crippen molar-refractivity contribution in [1.29, 1.82) is 0 Å². The van der Waals surface area contributed by atoms with Gasteiger partial charge >= 0.3 is 0 Å². The number of thiazole rings is 1. The molecule has 2 aromatic rings. The standard InChI is InChI=1S/C15H19NO2S/c1-2-13-10(7-8-18-13)12(17)9-15-16-11-5-3-4-6-14(11)19-15/h3-6,10,12-13,17H,2,7-9H2,1H3. The van der Waals surface area contributed by atoms with Crippen LogP contribution in [-0.4, -0.2) is 28.9 Å². The van der Waals surface area contributed by atoms with Crippen molar-refractivity contribution in [3.8, 4) is 0 Å². The summed E-state index contributed by atoms with van der Waals surface area (Å²) in [5.74, 6) is 0.261. The van der Waals surface area contributed by atoms with Gasteiger partial charge in [0.15, 0.2) is 0 Å². The van der Waals surface area contributed by atoms with Crippen molar-refractivity contribution in [3.63, 3.8) is 0 Å². The lowest BCUT2D eigenvalue weighted by Crippen LogP contribution is -2.29. The lowest BCUT2D eigenvalue weighted by molar-refractivity contribution is 0.0318. The van der Waals surface area contributed by atoms with Gasteiger partial charge in [0.25, 0.3) is 0 Å². The Bertz CT molecular complexity index is 521. The summed E-state index contributed by atoms with van der Waals surface area (Å²) < 4.78 is 6.85. The first kappa shape index (κ1) is 13.0. The highest BCUT2D eigenvalue weighted by atomic mass is 32.1. The van der Waals surface area contributed by atoms with E-state index in [1.54, 1.807) is 11.3 Å². The molecule has 19 heavy (non-hydrogen) atoms. The first-order chi connectivity index (χ1) is 9.28. The van der Waals surface area contributed by atoms with Crippen LogP contribution < -0.4 is 0 Å². The Morgan fingerprint density at radius 1 is 1.47 bits per heavy atom. The van der Waals surface area contributed by atoms with E-state index in [1.165, 1.54) is 4.70 Å². The molecule has 3 atom stereocenters. The second-order valence-corrected chi connectivity index (χ2v) is 6.23. The normalized spacial score (nSPS) is 24.9. The van der Waals surface area contributed by atoms with Crippen molar-refractivity contribution in [3.05, 3.63) is 29.3 Å². The molecular weight excluding hydrogens is 258 g/mol. The summed E-state index contributed by atoms with van der Waals surface area (Å²) in [6, 6.07) is 8.13. The van der Waals surface area contributed by atoms with Crippen molar-refractivity contribution >= 4 is 21.6 Å². The number of para-hydroxylation sites is 1. The Morgan fingerprint density at radius 3 is 3.11 bits per heavy atom. The summed E-state index contributed by atoms with van der Waals surface area (Å²) in [6.45, 7) is 2.90. The fourth-order valence-electron chi connectivity index (χ4n) is 2.86. The number of aliphatic hydroxyl groups is 1. The van der Waals surface area contributed by atoms with Crippen molar-refractivity contribution in [2.75, 3.05) is 6.61 Å². The van der Waals surface area contributed by atoms with Gasteiger partial charge in [-0.2, -0.15) is 0 Å². The van der Waals surface area contributed by atoms with Crippen molar-refractivity contribution < 1.29 is 9.84 Å². The van der Waals surface area contributed by atoms with E-state index in [9.17, 15) is 5.11 Å². The molecule has 0 saturated carbocycles. The fourth-order valence-corrected chi connectivity index (χ4v) is 3.88. The van der Waals surface area contributed by atoms with Crippen LogP contribution in [0.5, 0.6) is 0 Å². The highest BCUT2D eigenvalue weighted by Gasteiger charge is 2.33. The quantitative estimate of drug-likeness (QED) is 0.934. The molecule has 1 fully saturated rings. The van der Waals surface area contributed by atoms with E-state index < -0.39 is 0 Å². The van der Waals surface area contributed by atoms with Gasteiger partial charge in [-0.15, -0.1) is 11.3 Å². The second-order valence-electron chi connectivity index (χ2n) is 5.12. The molecule has 4 heteroatoms. The Balaban J connectivity index is 1.73. The average Bonchev–Trinajstić information content (AvgIpc) is 3.03. The first-order valence-corrected chi connectivity index (χ1v) is 7.73. The minimum atomic E-state index is -0.340. The van der Waals surface area contributed by atoms with Gasteiger partial charge in [-0.25, -0.2) is 4.98 Å². The van der Waals surface area contributed by atoms with E-state index in [1.807, 2.05) is 18.2 Å². The maximum atomic E-state index is 10.4. The lowest BCUT2D eigenvalue weighted by atomic mass is 9.92. The minimum absolute atomic E-state index is 0.212. The van der Waals surface area contributed by atoms with E-state index in [0.717, 1.165) is 30.0 Å². The minimum Gasteiger partial charge on any atom is -0.392 e. The Morgan fingerprint density at radius 2 is 2.32 bits per heavy atom. The second kappa shape index (κ2) is 5.57. The number of benzene rings is 1. The highest BCUT2D eigenvalue weighted by molar-refractivity contribution is 7.18. The van der Waals surface area contributed by atoms with Crippen LogP contribution in [0.2, 0.25) is 0 Å². The van der Waals surface area contributed by atoms with Gasteiger partial charge in [0.1, 0.15) is 0 Å². The third-order valence-electron chi connectivity index (χ3n) is 3.88. The Hall–Kier alpha value is -0.970. The first-order valence-electron chi connectivity index (χ1n) is 6.92. The third kappa shape index (κ3) is 2.66. The van der Waals surface area contributed by atoms with Crippen molar-refractivity contribution in [2.45, 2.75) is 38.4 Å². The number of aromatic nitrogens is 1. The van der Waals surface area contributed by atoms with Gasteiger partial charge in [-0.1, -0.05) is 19.1 Å². The molecule has 0 amide bonds. The molecular formula is C15H19NO2S. The Kier molecular flexibility index (Phi) is 3.82. The number of nitrogens with zero attached hydrogens (tertiary/aromatic N) is 1. The molecule has 3 nitrogen and oxygen atoms in total. The summed E-state index contributed by atoms with van der Waals surface area (Å²) >= 11 is 1.68. The molecule has 3 unspecified atom stereocenters. The molecule has 0 spiro atoms. The zero-order valence-corrected chi connectivity index (χ0v) is 11.9. The molecule has 102 valence electrons. The van der Waals surface area contributed by atoms with E-state index >= 15 is 0 Å². The lowest BCUT2D eigenvalue weighted by Gasteiger charge is -2.21. The summed E-state index contributed by atoms with van der Waals surface area (Å²) in [5, 5.41) is 11.4. The number of ether oxygens (including phenoxy) is 1. The zero-order chi connectivity index (χ0) is 13.2. The van der Waals surface area contributed by atoms with Crippen LogP contribution in [0.4, 0.5) is 0 Å². The van der Waals surface area contributed by atoms with Gasteiger partial charge < -0.3 is 9.84 Å². The number of fused-ring (bicyclic) bond motifs is 1. The van der Waals surface area contributed by atoms with Gasteiger partial charge in [0.2, 0.25) is 0 Å². The molecule has 0 bridgehead atoms. The third-order valence-corrected chi connectivity index (χ3v) is 4.94. The molecule has 1 aliphatic rings. The summed E-state index contributed by atoms with van der Waals surface area (Å²) in [7, 11) is 0. The van der Waals surface area contributed by atoms with Crippen molar-refractivity contribution in [2.24, 2.45) is 5.92 Å². The van der Waals surface area contributed by atoms with Gasteiger partial charge in [-0.3, -0.25) is 0 Å². The molecule has 1 N–H and O–H groups in total. The van der Waals surface area contributed by atoms with E-state index in [-0.39, 0.29) is 18.1 Å². The van der Waals surface area contributed by atoms with Gasteiger partial charge in [0, 0.05) is 18.9 Å². The van der Waals surface area contributed by atoms with Gasteiger partial charge in [0.05, 0.1) is 27.4 Å². The van der Waals surface area contributed by atoms with E-state index in [0.29, 0.717) is 6.42 Å². The number of rotatable bonds is 4. The van der Waals surface area contributed by atoms with Crippen LogP contribution in [0.1, 0.15) is 24.8 Å². The zero-order valence-electron chi connectivity index (χ0n) is 11.1. The number of hydrogen-bond donors (Lipinski definition) is 1. The summed E-state index contributed by atoms with van der Waals surface area (Å²) in [6.07, 6.45) is 2.45. The molecule has 1 aromatic heterocycles. The summed E-state index contributed by atoms with van der Waals surface area (Å²) in [4.78, 5) is 4.59.